The minimum absolute atomic E-state index is 0. The number of rotatable bonds is 8. The molecule has 2 N–H and O–H groups in total. The molecule has 0 saturated carbocycles. The molecule has 0 radical (unpaired) electrons. The first-order chi connectivity index (χ1) is 12.7. The van der Waals surface area contributed by atoms with Crippen molar-refractivity contribution >= 4 is 41.5 Å². The summed E-state index contributed by atoms with van der Waals surface area (Å²) in [4.78, 5) is 11.0. The summed E-state index contributed by atoms with van der Waals surface area (Å²) in [6.07, 6.45) is 1.79. The Morgan fingerprint density at radius 1 is 1.11 bits per heavy atom. The summed E-state index contributed by atoms with van der Waals surface area (Å²) in [7, 11) is 1.77. The fourth-order valence-corrected chi connectivity index (χ4v) is 3.20. The molecule has 0 aliphatic heterocycles. The van der Waals surface area contributed by atoms with Gasteiger partial charge in [-0.3, -0.25) is 14.9 Å². The van der Waals surface area contributed by atoms with Gasteiger partial charge in [0, 0.05) is 24.8 Å². The molecule has 0 saturated heterocycles. The molecule has 5 nitrogen and oxygen atoms in total. The Labute approximate surface area is 184 Å². The van der Waals surface area contributed by atoms with Crippen molar-refractivity contribution in [3.05, 3.63) is 64.9 Å². The maximum atomic E-state index is 6.46. The molecular formula is C20H29ClIN5. The van der Waals surface area contributed by atoms with E-state index in [-0.39, 0.29) is 30.0 Å². The van der Waals surface area contributed by atoms with Crippen molar-refractivity contribution < 1.29 is 0 Å². The number of aliphatic imine (C=N–C) groups is 1. The summed E-state index contributed by atoms with van der Waals surface area (Å²) in [5, 5.41) is 7.53. The Kier molecular flexibility index (Phi) is 11.3. The van der Waals surface area contributed by atoms with Gasteiger partial charge in [-0.25, -0.2) is 0 Å². The minimum Gasteiger partial charge on any atom is -0.354 e. The zero-order valence-electron chi connectivity index (χ0n) is 16.2. The van der Waals surface area contributed by atoms with Gasteiger partial charge in [-0.15, -0.1) is 24.0 Å². The third kappa shape index (κ3) is 7.27. The largest absolute Gasteiger partial charge is 0.354 e. The van der Waals surface area contributed by atoms with E-state index in [1.807, 2.05) is 36.4 Å². The topological polar surface area (TPSA) is 52.5 Å². The van der Waals surface area contributed by atoms with Crippen molar-refractivity contribution in [3.8, 4) is 0 Å². The summed E-state index contributed by atoms with van der Waals surface area (Å²) in [5.74, 6) is 0.750. The number of hydrogen-bond donors (Lipinski definition) is 2. The van der Waals surface area contributed by atoms with Crippen LogP contribution in [0.2, 0.25) is 5.02 Å². The Balaban J connectivity index is 0.00000364. The Bertz CT molecular complexity index is 692. The van der Waals surface area contributed by atoms with Crippen LogP contribution >= 0.6 is 35.6 Å². The van der Waals surface area contributed by atoms with E-state index in [0.29, 0.717) is 13.1 Å². The quantitative estimate of drug-likeness (QED) is 0.325. The molecule has 0 spiro atoms. The van der Waals surface area contributed by atoms with Crippen molar-refractivity contribution in [2.45, 2.75) is 26.4 Å². The van der Waals surface area contributed by atoms with E-state index < -0.39 is 0 Å². The second-order valence-corrected chi connectivity index (χ2v) is 6.29. The summed E-state index contributed by atoms with van der Waals surface area (Å²) < 4.78 is 0. The third-order valence-electron chi connectivity index (χ3n) is 4.37. The SMILES string of the molecule is CCN(CC)C(CNC(=NC)NCc1ccccn1)c1ccccc1Cl.I. The fraction of sp³-hybridized carbons (Fsp3) is 0.400. The zero-order valence-corrected chi connectivity index (χ0v) is 19.2. The molecule has 1 atom stereocenters. The number of hydrogen-bond acceptors (Lipinski definition) is 3. The van der Waals surface area contributed by atoms with Gasteiger partial charge in [-0.1, -0.05) is 49.7 Å². The molecule has 0 aliphatic rings. The highest BCUT2D eigenvalue weighted by Gasteiger charge is 2.20. The highest BCUT2D eigenvalue weighted by molar-refractivity contribution is 14.0. The molecule has 0 aliphatic carbocycles. The van der Waals surface area contributed by atoms with Gasteiger partial charge < -0.3 is 10.6 Å². The van der Waals surface area contributed by atoms with Crippen molar-refractivity contribution in [2.75, 3.05) is 26.7 Å². The lowest BCUT2D eigenvalue weighted by Crippen LogP contribution is -2.43. The number of guanidine groups is 1. The summed E-state index contributed by atoms with van der Waals surface area (Å²) >= 11 is 6.46. The van der Waals surface area contributed by atoms with Gasteiger partial charge in [-0.05, 0) is 36.9 Å². The predicted molar refractivity (Wildman–Crippen MR) is 125 cm³/mol. The first-order valence-electron chi connectivity index (χ1n) is 9.02. The number of aromatic nitrogens is 1. The van der Waals surface area contributed by atoms with Crippen LogP contribution in [0.4, 0.5) is 0 Å². The first-order valence-corrected chi connectivity index (χ1v) is 9.40. The maximum Gasteiger partial charge on any atom is 0.191 e. The van der Waals surface area contributed by atoms with Crippen molar-refractivity contribution in [1.29, 1.82) is 0 Å². The Hall–Kier alpha value is -1.38. The second-order valence-electron chi connectivity index (χ2n) is 5.89. The predicted octanol–water partition coefficient (Wildman–Crippen LogP) is 4.10. The lowest BCUT2D eigenvalue weighted by Gasteiger charge is -2.31. The molecule has 1 unspecified atom stereocenters. The van der Waals surface area contributed by atoms with E-state index >= 15 is 0 Å². The molecule has 0 fully saturated rings. The van der Waals surface area contributed by atoms with Gasteiger partial charge in [0.2, 0.25) is 0 Å². The lowest BCUT2D eigenvalue weighted by molar-refractivity contribution is 0.219. The van der Waals surface area contributed by atoms with Crippen LogP contribution in [0.1, 0.15) is 31.1 Å². The van der Waals surface area contributed by atoms with E-state index in [2.05, 4.69) is 45.4 Å². The molecule has 2 aromatic rings. The summed E-state index contributed by atoms with van der Waals surface area (Å²) in [6, 6.07) is 14.1. The number of likely N-dealkylation sites (N-methyl/N-ethyl adjacent to an activating group) is 1. The fourth-order valence-electron chi connectivity index (χ4n) is 2.94. The molecular weight excluding hydrogens is 473 g/mol. The zero-order chi connectivity index (χ0) is 18.8. The summed E-state index contributed by atoms with van der Waals surface area (Å²) in [6.45, 7) is 7.58. The minimum atomic E-state index is 0. The highest BCUT2D eigenvalue weighted by Crippen LogP contribution is 2.26. The smallest absolute Gasteiger partial charge is 0.191 e. The number of pyridine rings is 1. The van der Waals surface area contributed by atoms with Crippen molar-refractivity contribution in [1.82, 2.24) is 20.5 Å². The van der Waals surface area contributed by atoms with E-state index in [1.54, 1.807) is 13.2 Å². The molecule has 7 heteroatoms. The van der Waals surface area contributed by atoms with Gasteiger partial charge in [0.25, 0.3) is 0 Å². The summed E-state index contributed by atoms with van der Waals surface area (Å²) in [5.41, 5.74) is 2.10. The second kappa shape index (κ2) is 12.9. The lowest BCUT2D eigenvalue weighted by atomic mass is 10.0. The molecule has 1 heterocycles. The Morgan fingerprint density at radius 2 is 1.81 bits per heavy atom. The van der Waals surface area contributed by atoms with Crippen molar-refractivity contribution in [3.63, 3.8) is 0 Å². The normalized spacial score (nSPS) is 12.4. The van der Waals surface area contributed by atoms with Gasteiger partial charge in [0.05, 0.1) is 18.3 Å². The van der Waals surface area contributed by atoms with E-state index in [0.717, 1.165) is 35.3 Å². The molecule has 27 heavy (non-hydrogen) atoms. The van der Waals surface area contributed by atoms with E-state index in [9.17, 15) is 0 Å². The van der Waals surface area contributed by atoms with Crippen LogP contribution in [0.5, 0.6) is 0 Å². The Morgan fingerprint density at radius 3 is 2.41 bits per heavy atom. The first kappa shape index (κ1) is 23.7. The van der Waals surface area contributed by atoms with Crippen LogP contribution in [0.15, 0.2) is 53.7 Å². The molecule has 0 bridgehead atoms. The number of halogens is 2. The van der Waals surface area contributed by atoms with Crippen LogP contribution in [-0.4, -0.2) is 42.5 Å². The average molecular weight is 502 g/mol. The molecule has 1 aromatic carbocycles. The highest BCUT2D eigenvalue weighted by atomic mass is 127. The van der Waals surface area contributed by atoms with Crippen LogP contribution in [0.25, 0.3) is 0 Å². The van der Waals surface area contributed by atoms with Crippen LogP contribution in [0.3, 0.4) is 0 Å². The third-order valence-corrected chi connectivity index (χ3v) is 4.71. The number of nitrogens with zero attached hydrogens (tertiary/aromatic N) is 3. The van der Waals surface area contributed by atoms with Gasteiger partial charge >= 0.3 is 0 Å². The number of nitrogens with one attached hydrogen (secondary N) is 2. The van der Waals surface area contributed by atoms with Gasteiger partial charge in [0.15, 0.2) is 5.96 Å². The molecule has 0 amide bonds. The van der Waals surface area contributed by atoms with Gasteiger partial charge in [0.1, 0.15) is 0 Å². The maximum absolute atomic E-state index is 6.46. The van der Waals surface area contributed by atoms with Crippen molar-refractivity contribution in [2.24, 2.45) is 4.99 Å². The molecule has 148 valence electrons. The van der Waals surface area contributed by atoms with Crippen LogP contribution < -0.4 is 10.6 Å². The molecule has 1 aromatic heterocycles. The molecule has 2 rings (SSSR count). The monoisotopic (exact) mass is 501 g/mol. The van der Waals surface area contributed by atoms with Crippen LogP contribution in [0, 0.1) is 0 Å². The van der Waals surface area contributed by atoms with Gasteiger partial charge in [-0.2, -0.15) is 0 Å². The number of benzene rings is 1. The van der Waals surface area contributed by atoms with Crippen LogP contribution in [-0.2, 0) is 6.54 Å². The van der Waals surface area contributed by atoms with E-state index in [4.69, 9.17) is 11.6 Å². The standard InChI is InChI=1S/C20H28ClN5.HI/c1-4-26(5-2)19(17-11-6-7-12-18(17)21)15-25-20(22-3)24-14-16-10-8-9-13-23-16;/h6-13,19H,4-5,14-15H2,1-3H3,(H2,22,24,25);1H. The average Bonchev–Trinajstić information content (AvgIpc) is 2.69. The van der Waals surface area contributed by atoms with E-state index in [1.165, 1.54) is 0 Å².